The fourth-order valence-corrected chi connectivity index (χ4v) is 13.1. The number of Topliss-reactive ketones (excluding diaryl/α,β-unsaturated/α-hetero) is 3. The molecule has 1 unspecified atom stereocenters. The summed E-state index contributed by atoms with van der Waals surface area (Å²) >= 11 is 0. The third-order valence-electron chi connectivity index (χ3n) is 18.2. The lowest BCUT2D eigenvalue weighted by molar-refractivity contribution is -0.160. The molecule has 0 radical (unpaired) electrons. The summed E-state index contributed by atoms with van der Waals surface area (Å²) in [6, 6.07) is 1.44. The molecule has 1 aromatic carbocycles. The minimum Gasteiger partial charge on any atom is -0.507 e. The number of allylic oxidation sites excluding steroid dienone is 4. The largest absolute Gasteiger partial charge is 0.507 e. The van der Waals surface area contributed by atoms with Crippen molar-refractivity contribution in [2.24, 2.45) is 29.6 Å². The van der Waals surface area contributed by atoms with Gasteiger partial charge in [0.2, 0.25) is 11.6 Å². The Morgan fingerprint density at radius 1 is 0.880 bits per heavy atom. The quantitative estimate of drug-likeness (QED) is 0.143. The van der Waals surface area contributed by atoms with Crippen LogP contribution in [0.3, 0.4) is 0 Å². The summed E-state index contributed by atoms with van der Waals surface area (Å²) in [5.41, 5.74) is -0.586. The van der Waals surface area contributed by atoms with Crippen LogP contribution >= 0.6 is 0 Å². The molecule has 5 N–H and O–H groups in total. The van der Waals surface area contributed by atoms with E-state index in [2.05, 4.69) is 10.2 Å². The minimum absolute atomic E-state index is 0.0113. The van der Waals surface area contributed by atoms with Gasteiger partial charge < -0.3 is 59.4 Å². The zero-order valence-electron chi connectivity index (χ0n) is 48.9. The molecular weight excluding hydrogens is 1070 g/mol. The zero-order valence-corrected chi connectivity index (χ0v) is 48.9. The number of aliphatic hydroxyl groups excluding tert-OH is 2. The number of carbonyl (C=O) groups is 6. The van der Waals surface area contributed by atoms with Crippen LogP contribution in [0.25, 0.3) is 5.52 Å². The van der Waals surface area contributed by atoms with E-state index in [-0.39, 0.29) is 70.4 Å². The van der Waals surface area contributed by atoms with E-state index in [4.69, 9.17) is 18.9 Å². The Hall–Kier alpha value is -7.20. The number of aromatic nitrogens is 1. The van der Waals surface area contributed by atoms with E-state index in [9.17, 15) is 44.4 Å². The molecule has 1 saturated carbocycles. The number of aromatic hydroxyl groups is 1. The molecule has 446 valence electrons. The van der Waals surface area contributed by atoms with Gasteiger partial charge in [-0.1, -0.05) is 45.9 Å². The molecule has 83 heavy (non-hydrogen) atoms. The number of pyridine rings is 2. The number of ether oxygens (including phenoxy) is 4. The van der Waals surface area contributed by atoms with Crippen LogP contribution in [0.2, 0.25) is 0 Å². The van der Waals surface area contributed by atoms with Crippen molar-refractivity contribution >= 4 is 46.4 Å². The highest BCUT2D eigenvalue weighted by atomic mass is 19.1. The van der Waals surface area contributed by atoms with E-state index in [0.29, 0.717) is 49.2 Å². The second-order valence-corrected chi connectivity index (χ2v) is 23.8. The van der Waals surface area contributed by atoms with Crippen LogP contribution in [0.5, 0.6) is 11.5 Å². The van der Waals surface area contributed by atoms with Crippen molar-refractivity contribution in [3.8, 4) is 11.5 Å². The number of piperidine rings is 1. The minimum atomic E-state index is -2.14. The monoisotopic (exact) mass is 1150 g/mol. The summed E-state index contributed by atoms with van der Waals surface area (Å²) in [4.78, 5) is 103. The number of nitrogens with one attached hydrogen (secondary N) is 1. The number of phenols is 1. The summed E-state index contributed by atoms with van der Waals surface area (Å²) in [5, 5.41) is 47.5. The highest BCUT2D eigenvalue weighted by molar-refractivity contribution is 6.32. The topological polar surface area (TPSA) is 263 Å². The predicted molar refractivity (Wildman–Crippen MR) is 303 cm³/mol. The number of rotatable bonds is 9. The van der Waals surface area contributed by atoms with Crippen LogP contribution in [-0.4, -0.2) is 153 Å². The fourth-order valence-electron chi connectivity index (χ4n) is 13.1. The number of hydrogen-bond donors (Lipinski definition) is 5. The van der Waals surface area contributed by atoms with E-state index in [1.54, 1.807) is 51.7 Å². The van der Waals surface area contributed by atoms with Gasteiger partial charge >= 0.3 is 17.7 Å². The number of hydrogen-bond acceptors (Lipinski definition) is 17. The van der Waals surface area contributed by atoms with Gasteiger partial charge in [0.1, 0.15) is 34.6 Å². The number of methoxy groups -OCH3 is 1. The molecule has 7 heterocycles. The first-order valence-electron chi connectivity index (χ1n) is 28.6. The fraction of sp³-hybridized carbons (Fsp3) is 0.532. The van der Waals surface area contributed by atoms with Crippen LogP contribution in [0, 0.1) is 49.3 Å². The SMILES string of the molecule is CO[C@H]1C=CO[C@@]2(C)Oc3c(C)c(O)c4c(c3C2=O)C(=O)C(N2CCC(N(C)CC3CCN(c5c(F)cn6c(=O)c(C(=O)O)cc(C7CC7)c6c5C)C3)CC2)=C(NC(=O)C(C)=CC=C[C@H](C)[C@H](O)[C@@H](C)[C@@H](O)[C@@H](C)[C@H](OC(C)=O)[C@@H]1C)C4=O. The van der Waals surface area contributed by atoms with E-state index in [1.165, 1.54) is 59.3 Å². The average molecular weight is 1150 g/mol. The summed E-state index contributed by atoms with van der Waals surface area (Å²) in [7, 11) is 3.42. The van der Waals surface area contributed by atoms with Crippen LogP contribution in [0.15, 0.2) is 64.6 Å². The number of likely N-dealkylation sites (tertiary alicyclic amines) is 1. The van der Waals surface area contributed by atoms with Crippen LogP contribution in [0.4, 0.5) is 10.1 Å². The lowest BCUT2D eigenvalue weighted by Crippen LogP contribution is -2.48. The number of carbonyl (C=O) groups excluding carboxylic acids is 5. The van der Waals surface area contributed by atoms with Gasteiger partial charge in [-0.15, -0.1) is 0 Å². The molecule has 20 nitrogen and oxygen atoms in total. The van der Waals surface area contributed by atoms with E-state index < -0.39 is 117 Å². The highest BCUT2D eigenvalue weighted by Gasteiger charge is 2.53. The van der Waals surface area contributed by atoms with Crippen molar-refractivity contribution in [2.75, 3.05) is 51.8 Å². The van der Waals surface area contributed by atoms with Gasteiger partial charge in [-0.3, -0.25) is 33.2 Å². The van der Waals surface area contributed by atoms with Crippen molar-refractivity contribution in [1.29, 1.82) is 0 Å². The maximum atomic E-state index is 16.2. The lowest BCUT2D eigenvalue weighted by Gasteiger charge is -2.40. The summed E-state index contributed by atoms with van der Waals surface area (Å²) < 4.78 is 41.2. The number of fused-ring (bicyclic) bond motifs is 15. The maximum absolute atomic E-state index is 16.2. The Kier molecular flexibility index (Phi) is 17.1. The second kappa shape index (κ2) is 23.5. The number of benzene rings is 1. The molecule has 5 bridgehead atoms. The molecule has 3 aromatic rings. The molecule has 10 rings (SSSR count). The summed E-state index contributed by atoms with van der Waals surface area (Å²) in [6.45, 7) is 16.3. The van der Waals surface area contributed by atoms with Crippen molar-refractivity contribution < 1.29 is 72.5 Å². The number of halogens is 1. The Labute approximate surface area is 481 Å². The predicted octanol–water partition coefficient (Wildman–Crippen LogP) is 6.52. The Balaban J connectivity index is 1.00. The number of amides is 1. The maximum Gasteiger partial charge on any atom is 0.341 e. The molecule has 10 atom stereocenters. The second-order valence-electron chi connectivity index (χ2n) is 23.8. The van der Waals surface area contributed by atoms with Crippen molar-refractivity contribution in [3.63, 3.8) is 0 Å². The third-order valence-corrected chi connectivity index (χ3v) is 18.2. The first-order chi connectivity index (χ1) is 39.2. The number of aryl methyl sites for hydroxylation is 1. The van der Waals surface area contributed by atoms with Crippen molar-refractivity contribution in [3.05, 3.63) is 115 Å². The Bertz CT molecular complexity index is 3370. The molecule has 3 fully saturated rings. The number of carboxylic acid groups (broad SMARTS) is 1. The van der Waals surface area contributed by atoms with E-state index in [1.807, 2.05) is 11.9 Å². The molecule has 1 amide bonds. The first kappa shape index (κ1) is 60.4. The number of aliphatic hydroxyl groups is 2. The van der Waals surface area contributed by atoms with Crippen molar-refractivity contribution in [2.45, 2.75) is 137 Å². The number of nitrogens with zero attached hydrogens (tertiary/aromatic N) is 4. The Morgan fingerprint density at radius 2 is 1.55 bits per heavy atom. The number of anilines is 1. The van der Waals surface area contributed by atoms with Gasteiger partial charge in [-0.25, -0.2) is 9.18 Å². The van der Waals surface area contributed by atoms with E-state index in [0.717, 1.165) is 35.4 Å². The Morgan fingerprint density at radius 3 is 2.19 bits per heavy atom. The van der Waals surface area contributed by atoms with Gasteiger partial charge in [-0.05, 0) is 95.0 Å². The number of carboxylic acids is 1. The van der Waals surface area contributed by atoms with Gasteiger partial charge in [-0.2, -0.15) is 0 Å². The van der Waals surface area contributed by atoms with Crippen LogP contribution < -0.4 is 20.5 Å². The normalized spacial score (nSPS) is 28.5. The lowest BCUT2D eigenvalue weighted by atomic mass is 9.78. The molecule has 2 aromatic heterocycles. The number of aromatic carboxylic acids is 1. The molecule has 2 saturated heterocycles. The van der Waals surface area contributed by atoms with E-state index >= 15 is 14.0 Å². The summed E-state index contributed by atoms with van der Waals surface area (Å²) in [6.07, 6.45) is 7.82. The standard InChI is InChI=1S/C62H76FN5O15/c1-29-13-12-14-30(2)59(76)64-47-50(66-22-18-39(19-23-66)65(10)26-37-17-21-67(27-37)49-32(4)48-40(38-15-16-38)25-41(61(78)79)60(77)68(48)28-42(49)63)55(74)44-45(54(47)73)53(72)35(7)57-46(44)58(75)62(9,83-57)81-24-20-43(80-11)31(3)56(82-36(8)69)34(6)52(71)33(5)51(29)70/h12-14,20,24-25,28-29,31,33-34,37-39,43,51-52,56,70-72H,15-19,21-23,26-27H2,1-11H3,(H,64,76)(H,78,79)/t29-,31+,33+,34+,37?,43-,51-,52+,56+,62-/m0/s1. The van der Waals surface area contributed by atoms with Gasteiger partial charge in [0, 0.05) is 94.5 Å². The van der Waals surface area contributed by atoms with Gasteiger partial charge in [0.05, 0.1) is 58.7 Å². The highest BCUT2D eigenvalue weighted by Crippen LogP contribution is 2.50. The smallest absolute Gasteiger partial charge is 0.341 e. The molecule has 5 aliphatic heterocycles. The van der Waals surface area contributed by atoms with Gasteiger partial charge in [0.15, 0.2) is 5.82 Å². The average Bonchev–Trinajstić information content (AvgIpc) is 2.31. The van der Waals surface area contributed by atoms with Crippen molar-refractivity contribution in [1.82, 2.24) is 19.5 Å². The molecule has 2 aliphatic carbocycles. The number of ketones is 3. The molecule has 7 aliphatic rings. The zero-order chi connectivity index (χ0) is 60.4. The third kappa shape index (κ3) is 11.1. The molecule has 0 spiro atoms. The number of esters is 1. The number of phenolic OH excluding ortho intramolecular Hbond substituents is 1. The van der Waals surface area contributed by atoms with Crippen LogP contribution in [-0.2, 0) is 23.8 Å². The molecular formula is C62H76FN5O15. The first-order valence-corrected chi connectivity index (χ1v) is 28.6. The van der Waals surface area contributed by atoms with Crippen LogP contribution in [0.1, 0.15) is 145 Å². The van der Waals surface area contributed by atoms with Gasteiger partial charge in [0.25, 0.3) is 17.2 Å². The summed E-state index contributed by atoms with van der Waals surface area (Å²) in [5.74, 6) is -11.3. The molecule has 21 heteroatoms.